The lowest BCUT2D eigenvalue weighted by Crippen LogP contribution is -1.74. The topological polar surface area (TPSA) is 28.7 Å². The van der Waals surface area contributed by atoms with Gasteiger partial charge in [0.25, 0.3) is 0 Å². The van der Waals surface area contributed by atoms with Crippen LogP contribution in [0.15, 0.2) is 18.3 Å². The number of benzene rings is 1. The minimum atomic E-state index is 0.758. The van der Waals surface area contributed by atoms with Crippen LogP contribution in [-0.2, 0) is 0 Å². The molecule has 0 fully saturated rings. The quantitative estimate of drug-likeness (QED) is 0.640. The van der Waals surface area contributed by atoms with Gasteiger partial charge in [0, 0.05) is 5.39 Å². The molecule has 3 heteroatoms. The second-order valence-electron chi connectivity index (χ2n) is 2.58. The summed E-state index contributed by atoms with van der Waals surface area (Å²) in [6, 6.07) is 3.95. The summed E-state index contributed by atoms with van der Waals surface area (Å²) >= 11 is 5.94. The van der Waals surface area contributed by atoms with Crippen molar-refractivity contribution in [1.29, 1.82) is 0 Å². The highest BCUT2D eigenvalue weighted by molar-refractivity contribution is 6.35. The van der Waals surface area contributed by atoms with Gasteiger partial charge in [0.05, 0.1) is 16.7 Å². The van der Waals surface area contributed by atoms with Gasteiger partial charge >= 0.3 is 0 Å². The number of hydrogen-bond donors (Lipinski definition) is 1. The predicted molar refractivity (Wildman–Crippen MR) is 45.8 cm³/mol. The average Bonchev–Trinajstić information content (AvgIpc) is 2.34. The van der Waals surface area contributed by atoms with Crippen LogP contribution in [0.5, 0.6) is 0 Å². The Bertz CT molecular complexity index is 392. The van der Waals surface area contributed by atoms with Crippen molar-refractivity contribution >= 4 is 22.5 Å². The van der Waals surface area contributed by atoms with Crippen molar-refractivity contribution in [3.63, 3.8) is 0 Å². The van der Waals surface area contributed by atoms with E-state index in [4.69, 9.17) is 11.6 Å². The van der Waals surface area contributed by atoms with Crippen molar-refractivity contribution in [2.75, 3.05) is 0 Å². The van der Waals surface area contributed by atoms with Gasteiger partial charge in [-0.3, -0.25) is 5.10 Å². The van der Waals surface area contributed by atoms with Crippen LogP contribution in [0.1, 0.15) is 5.56 Å². The molecule has 2 aromatic rings. The fourth-order valence-corrected chi connectivity index (χ4v) is 1.47. The largest absolute Gasteiger partial charge is 0.278 e. The van der Waals surface area contributed by atoms with E-state index < -0.39 is 0 Å². The molecule has 1 aromatic heterocycles. The molecule has 56 valence electrons. The van der Waals surface area contributed by atoms with E-state index in [9.17, 15) is 0 Å². The SMILES string of the molecule is Cc1cc(Cl)c2cn[nH]c2c1. The monoisotopic (exact) mass is 166 g/mol. The highest BCUT2D eigenvalue weighted by Crippen LogP contribution is 2.22. The smallest absolute Gasteiger partial charge is 0.0667 e. The molecule has 1 aromatic carbocycles. The number of nitrogens with one attached hydrogen (secondary N) is 1. The molecule has 0 amide bonds. The maximum Gasteiger partial charge on any atom is 0.0667 e. The van der Waals surface area contributed by atoms with E-state index in [1.807, 2.05) is 19.1 Å². The van der Waals surface area contributed by atoms with Gasteiger partial charge in [-0.25, -0.2) is 0 Å². The molecule has 0 spiro atoms. The van der Waals surface area contributed by atoms with Gasteiger partial charge in [0.1, 0.15) is 0 Å². The summed E-state index contributed by atoms with van der Waals surface area (Å²) in [5.74, 6) is 0. The molecular formula is C8H7ClN2. The van der Waals surface area contributed by atoms with Crippen molar-refractivity contribution in [3.8, 4) is 0 Å². The summed E-state index contributed by atoms with van der Waals surface area (Å²) in [5, 5.41) is 8.50. The van der Waals surface area contributed by atoms with E-state index in [0.717, 1.165) is 21.5 Å². The van der Waals surface area contributed by atoms with Crippen molar-refractivity contribution in [2.45, 2.75) is 6.92 Å². The number of aromatic amines is 1. The Morgan fingerprint density at radius 3 is 3.09 bits per heavy atom. The fourth-order valence-electron chi connectivity index (χ4n) is 1.14. The third-order valence-electron chi connectivity index (χ3n) is 1.65. The first-order valence-corrected chi connectivity index (χ1v) is 3.74. The van der Waals surface area contributed by atoms with Gasteiger partial charge < -0.3 is 0 Å². The molecule has 0 aliphatic heterocycles. The Morgan fingerprint density at radius 1 is 1.45 bits per heavy atom. The lowest BCUT2D eigenvalue weighted by atomic mass is 10.2. The molecule has 0 aliphatic rings. The summed E-state index contributed by atoms with van der Waals surface area (Å²) in [6.45, 7) is 2.01. The molecule has 0 bridgehead atoms. The van der Waals surface area contributed by atoms with E-state index in [2.05, 4.69) is 10.2 Å². The van der Waals surface area contributed by atoms with Gasteiger partial charge in [-0.05, 0) is 24.6 Å². The minimum absolute atomic E-state index is 0.758. The zero-order chi connectivity index (χ0) is 7.84. The van der Waals surface area contributed by atoms with Gasteiger partial charge in [-0.15, -0.1) is 0 Å². The molecule has 1 heterocycles. The molecule has 2 rings (SSSR count). The lowest BCUT2D eigenvalue weighted by Gasteiger charge is -1.94. The summed E-state index contributed by atoms with van der Waals surface area (Å²) in [6.07, 6.45) is 1.73. The number of H-pyrrole nitrogens is 1. The lowest BCUT2D eigenvalue weighted by molar-refractivity contribution is 1.12. The van der Waals surface area contributed by atoms with Gasteiger partial charge in [0.2, 0.25) is 0 Å². The first-order valence-electron chi connectivity index (χ1n) is 3.36. The van der Waals surface area contributed by atoms with E-state index in [1.54, 1.807) is 6.20 Å². The zero-order valence-electron chi connectivity index (χ0n) is 6.06. The van der Waals surface area contributed by atoms with Crippen molar-refractivity contribution in [2.24, 2.45) is 0 Å². The third-order valence-corrected chi connectivity index (χ3v) is 1.97. The highest BCUT2D eigenvalue weighted by Gasteiger charge is 2.00. The standard InChI is InChI=1S/C8H7ClN2/c1-5-2-7(9)6-4-10-11-8(6)3-5/h2-4H,1H3,(H,10,11). The number of halogens is 1. The van der Waals surface area contributed by atoms with E-state index in [1.165, 1.54) is 0 Å². The van der Waals surface area contributed by atoms with Crippen LogP contribution in [0.4, 0.5) is 0 Å². The van der Waals surface area contributed by atoms with E-state index >= 15 is 0 Å². The summed E-state index contributed by atoms with van der Waals surface area (Å²) in [4.78, 5) is 0. The molecule has 0 saturated carbocycles. The van der Waals surface area contributed by atoms with Crippen LogP contribution >= 0.6 is 11.6 Å². The molecule has 0 unspecified atom stereocenters. The maximum atomic E-state index is 5.94. The van der Waals surface area contributed by atoms with Crippen molar-refractivity contribution < 1.29 is 0 Å². The number of aryl methyl sites for hydroxylation is 1. The number of hydrogen-bond acceptors (Lipinski definition) is 1. The third kappa shape index (κ3) is 0.994. The van der Waals surface area contributed by atoms with Crippen LogP contribution < -0.4 is 0 Å². The average molecular weight is 167 g/mol. The van der Waals surface area contributed by atoms with Crippen molar-refractivity contribution in [3.05, 3.63) is 28.9 Å². The molecule has 0 saturated heterocycles. The Kier molecular flexibility index (Phi) is 1.36. The van der Waals surface area contributed by atoms with E-state index in [-0.39, 0.29) is 0 Å². The first-order chi connectivity index (χ1) is 5.27. The Morgan fingerprint density at radius 2 is 2.27 bits per heavy atom. The number of fused-ring (bicyclic) bond motifs is 1. The number of aromatic nitrogens is 2. The van der Waals surface area contributed by atoms with E-state index in [0.29, 0.717) is 0 Å². The second kappa shape index (κ2) is 2.24. The number of nitrogens with zero attached hydrogens (tertiary/aromatic N) is 1. The molecule has 0 aliphatic carbocycles. The highest BCUT2D eigenvalue weighted by atomic mass is 35.5. The Hall–Kier alpha value is -1.02. The summed E-state index contributed by atoms with van der Waals surface area (Å²) in [7, 11) is 0. The van der Waals surface area contributed by atoms with Gasteiger partial charge in [-0.2, -0.15) is 5.10 Å². The summed E-state index contributed by atoms with van der Waals surface area (Å²) < 4.78 is 0. The number of rotatable bonds is 0. The fraction of sp³-hybridized carbons (Fsp3) is 0.125. The molecule has 2 nitrogen and oxygen atoms in total. The second-order valence-corrected chi connectivity index (χ2v) is 2.99. The Balaban J connectivity index is 2.91. The van der Waals surface area contributed by atoms with Crippen molar-refractivity contribution in [1.82, 2.24) is 10.2 Å². The molecule has 11 heavy (non-hydrogen) atoms. The predicted octanol–water partition coefficient (Wildman–Crippen LogP) is 2.52. The van der Waals surface area contributed by atoms with Crippen LogP contribution in [-0.4, -0.2) is 10.2 Å². The molecule has 1 N–H and O–H groups in total. The first kappa shape index (κ1) is 6.68. The molecule has 0 radical (unpaired) electrons. The van der Waals surface area contributed by atoms with Crippen LogP contribution in [0.2, 0.25) is 5.02 Å². The van der Waals surface area contributed by atoms with Gasteiger partial charge in [0.15, 0.2) is 0 Å². The normalized spacial score (nSPS) is 10.7. The van der Waals surface area contributed by atoms with Gasteiger partial charge in [-0.1, -0.05) is 11.6 Å². The summed E-state index contributed by atoms with van der Waals surface area (Å²) in [5.41, 5.74) is 2.14. The zero-order valence-corrected chi connectivity index (χ0v) is 6.81. The molecule has 0 atom stereocenters. The maximum absolute atomic E-state index is 5.94. The van der Waals surface area contributed by atoms with Crippen LogP contribution in [0.3, 0.4) is 0 Å². The Labute approximate surface area is 69.2 Å². The van der Waals surface area contributed by atoms with Crippen LogP contribution in [0, 0.1) is 6.92 Å². The minimum Gasteiger partial charge on any atom is -0.278 e. The molecular weight excluding hydrogens is 160 g/mol. The van der Waals surface area contributed by atoms with Crippen LogP contribution in [0.25, 0.3) is 10.9 Å².